The third kappa shape index (κ3) is 4.76. The largest absolute Gasteiger partial charge is 0.446 e. The Kier molecular flexibility index (Phi) is 6.27. The summed E-state index contributed by atoms with van der Waals surface area (Å²) in [7, 11) is 0. The molecule has 2 aromatic heterocycles. The van der Waals surface area contributed by atoms with Crippen LogP contribution >= 0.6 is 22.7 Å². The van der Waals surface area contributed by atoms with E-state index in [1.165, 1.54) is 17.4 Å². The van der Waals surface area contributed by atoms with Gasteiger partial charge in [-0.3, -0.25) is 4.79 Å². The summed E-state index contributed by atoms with van der Waals surface area (Å²) in [4.78, 5) is 24.8. The van der Waals surface area contributed by atoms with Crippen LogP contribution in [-0.4, -0.2) is 24.6 Å². The second-order valence-corrected chi connectivity index (χ2v) is 7.88. The van der Waals surface area contributed by atoms with Gasteiger partial charge in [-0.2, -0.15) is 16.6 Å². The number of amides is 2. The summed E-state index contributed by atoms with van der Waals surface area (Å²) in [5, 5.41) is 19.4. The van der Waals surface area contributed by atoms with Gasteiger partial charge in [-0.05, 0) is 53.8 Å². The van der Waals surface area contributed by atoms with E-state index >= 15 is 0 Å². The van der Waals surface area contributed by atoms with Crippen molar-refractivity contribution in [2.75, 3.05) is 11.9 Å². The molecule has 0 radical (unpaired) electrons. The highest BCUT2D eigenvalue weighted by molar-refractivity contribution is 7.16. The SMILES string of the molecule is CCNC(=O)OC1CCc2c(sc(NC(=O)C=Cc3ccsc3)c2C#N)C1. The highest BCUT2D eigenvalue weighted by atomic mass is 32.1. The first-order valence-corrected chi connectivity index (χ1v) is 10.4. The van der Waals surface area contributed by atoms with Gasteiger partial charge in [0, 0.05) is 23.9 Å². The Bertz CT molecular complexity index is 894. The lowest BCUT2D eigenvalue weighted by molar-refractivity contribution is -0.111. The van der Waals surface area contributed by atoms with E-state index in [9.17, 15) is 14.9 Å². The van der Waals surface area contributed by atoms with Crippen LogP contribution in [0.15, 0.2) is 22.9 Å². The van der Waals surface area contributed by atoms with Crippen molar-refractivity contribution in [1.82, 2.24) is 5.32 Å². The average Bonchev–Trinajstić information content (AvgIpc) is 3.26. The Morgan fingerprint density at radius 3 is 3.04 bits per heavy atom. The minimum Gasteiger partial charge on any atom is -0.446 e. The highest BCUT2D eigenvalue weighted by Crippen LogP contribution is 2.38. The number of carbonyl (C=O) groups excluding carboxylic acids is 2. The summed E-state index contributed by atoms with van der Waals surface area (Å²) >= 11 is 2.95. The Morgan fingerprint density at radius 2 is 2.33 bits per heavy atom. The molecule has 0 aliphatic heterocycles. The molecule has 8 heteroatoms. The number of nitrogens with one attached hydrogen (secondary N) is 2. The summed E-state index contributed by atoms with van der Waals surface area (Å²) in [5.74, 6) is -0.272. The molecule has 1 atom stereocenters. The van der Waals surface area contributed by atoms with E-state index in [1.807, 2.05) is 23.8 Å². The number of anilines is 1. The molecule has 2 heterocycles. The molecule has 2 aromatic rings. The Balaban J connectivity index is 1.69. The van der Waals surface area contributed by atoms with Crippen molar-refractivity contribution in [2.24, 2.45) is 0 Å². The van der Waals surface area contributed by atoms with Crippen LogP contribution in [0, 0.1) is 11.3 Å². The molecular weight excluding hydrogens is 382 g/mol. The van der Waals surface area contributed by atoms with Gasteiger partial charge in [-0.25, -0.2) is 4.79 Å². The third-order valence-electron chi connectivity index (χ3n) is 4.13. The van der Waals surface area contributed by atoms with E-state index in [-0.39, 0.29) is 12.0 Å². The van der Waals surface area contributed by atoms with E-state index in [1.54, 1.807) is 17.4 Å². The topological polar surface area (TPSA) is 91.2 Å². The Morgan fingerprint density at radius 1 is 1.48 bits per heavy atom. The fourth-order valence-electron chi connectivity index (χ4n) is 2.90. The lowest BCUT2D eigenvalue weighted by Gasteiger charge is -2.22. The van der Waals surface area contributed by atoms with Crippen LogP contribution in [0.5, 0.6) is 0 Å². The number of nitriles is 1. The van der Waals surface area contributed by atoms with Crippen molar-refractivity contribution in [1.29, 1.82) is 5.26 Å². The zero-order valence-electron chi connectivity index (χ0n) is 14.8. The molecule has 6 nitrogen and oxygen atoms in total. The van der Waals surface area contributed by atoms with Crippen LogP contribution in [0.25, 0.3) is 6.08 Å². The molecular formula is C19H19N3O3S2. The lowest BCUT2D eigenvalue weighted by Crippen LogP contribution is -2.31. The van der Waals surface area contributed by atoms with E-state index in [2.05, 4.69) is 16.7 Å². The van der Waals surface area contributed by atoms with Crippen LogP contribution in [-0.2, 0) is 22.4 Å². The molecule has 0 saturated heterocycles. The van der Waals surface area contributed by atoms with Gasteiger partial charge in [0.25, 0.3) is 0 Å². The molecule has 1 aliphatic carbocycles. The minimum atomic E-state index is -0.421. The number of nitrogens with zero attached hydrogens (tertiary/aromatic N) is 1. The normalized spacial score (nSPS) is 15.8. The van der Waals surface area contributed by atoms with Crippen LogP contribution in [0.2, 0.25) is 0 Å². The highest BCUT2D eigenvalue weighted by Gasteiger charge is 2.28. The number of carbonyl (C=O) groups is 2. The molecule has 0 spiro atoms. The number of alkyl carbamates (subject to hydrolysis) is 1. The van der Waals surface area contributed by atoms with Crippen LogP contribution in [0.1, 0.15) is 34.9 Å². The van der Waals surface area contributed by atoms with Gasteiger partial charge in [0.1, 0.15) is 17.2 Å². The second kappa shape index (κ2) is 8.84. The predicted octanol–water partition coefficient (Wildman–Crippen LogP) is 3.94. The van der Waals surface area contributed by atoms with E-state index in [0.29, 0.717) is 36.4 Å². The maximum Gasteiger partial charge on any atom is 0.407 e. The van der Waals surface area contributed by atoms with Crippen molar-refractivity contribution in [3.05, 3.63) is 44.5 Å². The van der Waals surface area contributed by atoms with E-state index in [0.717, 1.165) is 16.0 Å². The number of rotatable bonds is 5. The van der Waals surface area contributed by atoms with Crippen molar-refractivity contribution in [2.45, 2.75) is 32.3 Å². The predicted molar refractivity (Wildman–Crippen MR) is 107 cm³/mol. The van der Waals surface area contributed by atoms with Gasteiger partial charge >= 0.3 is 6.09 Å². The zero-order chi connectivity index (χ0) is 19.2. The number of ether oxygens (including phenoxy) is 1. The Labute approximate surface area is 165 Å². The van der Waals surface area contributed by atoms with Crippen LogP contribution < -0.4 is 10.6 Å². The van der Waals surface area contributed by atoms with Crippen LogP contribution in [0.3, 0.4) is 0 Å². The molecule has 0 fully saturated rings. The fourth-order valence-corrected chi connectivity index (χ4v) is 4.79. The number of hydrogen-bond acceptors (Lipinski definition) is 6. The number of fused-ring (bicyclic) bond motifs is 1. The molecule has 2 N–H and O–H groups in total. The van der Waals surface area contributed by atoms with Crippen molar-refractivity contribution < 1.29 is 14.3 Å². The van der Waals surface area contributed by atoms with Crippen LogP contribution in [0.4, 0.5) is 9.80 Å². The van der Waals surface area contributed by atoms with Gasteiger partial charge in [0.15, 0.2) is 0 Å². The summed E-state index contributed by atoms with van der Waals surface area (Å²) in [5.41, 5.74) is 2.44. The third-order valence-corrected chi connectivity index (χ3v) is 6.01. The number of hydrogen-bond donors (Lipinski definition) is 2. The van der Waals surface area contributed by atoms with E-state index < -0.39 is 6.09 Å². The molecule has 2 amide bonds. The first-order valence-electron chi connectivity index (χ1n) is 8.61. The molecule has 27 heavy (non-hydrogen) atoms. The molecule has 0 aromatic carbocycles. The lowest BCUT2D eigenvalue weighted by atomic mass is 9.94. The van der Waals surface area contributed by atoms with Crippen molar-refractivity contribution >= 4 is 45.8 Å². The molecule has 1 unspecified atom stereocenters. The number of thiophene rings is 2. The molecule has 1 aliphatic rings. The van der Waals surface area contributed by atoms with E-state index in [4.69, 9.17) is 4.74 Å². The zero-order valence-corrected chi connectivity index (χ0v) is 16.4. The molecule has 140 valence electrons. The monoisotopic (exact) mass is 401 g/mol. The van der Waals surface area contributed by atoms with Crippen molar-refractivity contribution in [3.63, 3.8) is 0 Å². The summed E-state index contributed by atoms with van der Waals surface area (Å²) < 4.78 is 5.41. The summed E-state index contributed by atoms with van der Waals surface area (Å²) in [6.45, 7) is 2.35. The molecule has 0 bridgehead atoms. The quantitative estimate of drug-likeness (QED) is 0.743. The first kappa shape index (κ1) is 19.1. The fraction of sp³-hybridized carbons (Fsp3) is 0.316. The van der Waals surface area contributed by atoms with Gasteiger partial charge in [0.2, 0.25) is 5.91 Å². The smallest absolute Gasteiger partial charge is 0.407 e. The molecule has 0 saturated carbocycles. The average molecular weight is 402 g/mol. The maximum atomic E-state index is 12.2. The standard InChI is InChI=1S/C19H19N3O3S2/c1-2-21-19(24)25-13-4-5-14-15(10-20)18(27-16(14)9-13)22-17(23)6-3-12-7-8-26-11-12/h3,6-8,11,13H,2,4-5,9H2,1H3,(H,21,24)(H,22,23). The molecule has 3 rings (SSSR count). The minimum absolute atomic E-state index is 0.212. The van der Waals surface area contributed by atoms with Crippen molar-refractivity contribution in [3.8, 4) is 6.07 Å². The van der Waals surface area contributed by atoms with Gasteiger partial charge in [0.05, 0.1) is 5.56 Å². The summed E-state index contributed by atoms with van der Waals surface area (Å²) in [6, 6.07) is 4.13. The summed E-state index contributed by atoms with van der Waals surface area (Å²) in [6.07, 6.45) is 4.45. The first-order chi connectivity index (χ1) is 13.1. The maximum absolute atomic E-state index is 12.2. The van der Waals surface area contributed by atoms with Gasteiger partial charge in [-0.1, -0.05) is 0 Å². The second-order valence-electron chi connectivity index (χ2n) is 6.00. The Hall–Kier alpha value is -2.63. The van der Waals surface area contributed by atoms with Gasteiger partial charge < -0.3 is 15.4 Å². The van der Waals surface area contributed by atoms with Gasteiger partial charge in [-0.15, -0.1) is 11.3 Å².